The van der Waals surface area contributed by atoms with E-state index in [9.17, 15) is 0 Å². The molecule has 0 radical (unpaired) electrons. The van der Waals surface area contributed by atoms with Gasteiger partial charge in [-0.1, -0.05) is 19.8 Å². The van der Waals surface area contributed by atoms with Crippen LogP contribution >= 0.6 is 0 Å². The number of hydrogen-bond acceptors (Lipinski definition) is 2. The topological polar surface area (TPSA) is 6.48 Å². The SMILES string of the molecule is CCN1CCN(CCC2CC2)CC1. The molecule has 1 heterocycles. The second kappa shape index (κ2) is 4.43. The van der Waals surface area contributed by atoms with Crippen LogP contribution in [0.1, 0.15) is 26.2 Å². The van der Waals surface area contributed by atoms with Gasteiger partial charge in [0.05, 0.1) is 0 Å². The molecule has 0 N–H and O–H groups in total. The minimum atomic E-state index is 1.10. The normalized spacial score (nSPS) is 26.5. The molecule has 0 atom stereocenters. The second-order valence-electron chi connectivity index (χ2n) is 4.51. The molecule has 0 spiro atoms. The van der Waals surface area contributed by atoms with Gasteiger partial charge in [-0.25, -0.2) is 0 Å². The largest absolute Gasteiger partial charge is 0.301 e. The Hall–Kier alpha value is -0.0800. The van der Waals surface area contributed by atoms with Gasteiger partial charge in [0.25, 0.3) is 0 Å². The van der Waals surface area contributed by atoms with Crippen LogP contribution in [0.5, 0.6) is 0 Å². The van der Waals surface area contributed by atoms with Gasteiger partial charge in [-0.05, 0) is 25.4 Å². The van der Waals surface area contributed by atoms with E-state index < -0.39 is 0 Å². The monoisotopic (exact) mass is 182 g/mol. The molecule has 0 amide bonds. The summed E-state index contributed by atoms with van der Waals surface area (Å²) in [4.78, 5) is 5.19. The van der Waals surface area contributed by atoms with Gasteiger partial charge in [-0.2, -0.15) is 0 Å². The summed E-state index contributed by atoms with van der Waals surface area (Å²) >= 11 is 0. The predicted octanol–water partition coefficient (Wildman–Crippen LogP) is 1.42. The lowest BCUT2D eigenvalue weighted by molar-refractivity contribution is 0.135. The number of hydrogen-bond donors (Lipinski definition) is 0. The molecule has 2 aliphatic rings. The van der Waals surface area contributed by atoms with Crippen molar-refractivity contribution in [1.82, 2.24) is 9.80 Å². The van der Waals surface area contributed by atoms with E-state index >= 15 is 0 Å². The van der Waals surface area contributed by atoms with Gasteiger partial charge in [0.1, 0.15) is 0 Å². The highest BCUT2D eigenvalue weighted by Gasteiger charge is 2.23. The molecule has 0 aromatic carbocycles. The molecule has 1 saturated carbocycles. The quantitative estimate of drug-likeness (QED) is 0.649. The average Bonchev–Trinajstić information content (AvgIpc) is 2.99. The fraction of sp³-hybridized carbons (Fsp3) is 1.00. The molecule has 0 bridgehead atoms. The van der Waals surface area contributed by atoms with Crippen LogP contribution in [-0.4, -0.2) is 49.1 Å². The van der Waals surface area contributed by atoms with Crippen molar-refractivity contribution in [3.63, 3.8) is 0 Å². The number of rotatable bonds is 4. The maximum atomic E-state index is 2.64. The van der Waals surface area contributed by atoms with Gasteiger partial charge < -0.3 is 9.80 Å². The van der Waals surface area contributed by atoms with Crippen LogP contribution in [0.15, 0.2) is 0 Å². The summed E-state index contributed by atoms with van der Waals surface area (Å²) < 4.78 is 0. The molecule has 0 unspecified atom stereocenters. The fourth-order valence-corrected chi connectivity index (χ4v) is 2.10. The third-order valence-corrected chi connectivity index (χ3v) is 3.46. The number of piperazine rings is 1. The summed E-state index contributed by atoms with van der Waals surface area (Å²) in [5.41, 5.74) is 0. The highest BCUT2D eigenvalue weighted by Crippen LogP contribution is 2.32. The summed E-state index contributed by atoms with van der Waals surface area (Å²) in [6.07, 6.45) is 4.48. The van der Waals surface area contributed by atoms with Crippen LogP contribution < -0.4 is 0 Å². The van der Waals surface area contributed by atoms with Gasteiger partial charge in [0.15, 0.2) is 0 Å². The lowest BCUT2D eigenvalue weighted by atomic mass is 10.2. The van der Waals surface area contributed by atoms with Crippen LogP contribution in [0, 0.1) is 5.92 Å². The molecule has 1 aliphatic carbocycles. The minimum absolute atomic E-state index is 1.10. The second-order valence-corrected chi connectivity index (χ2v) is 4.51. The van der Waals surface area contributed by atoms with E-state index in [0.717, 1.165) is 5.92 Å². The smallest absolute Gasteiger partial charge is 0.0110 e. The van der Waals surface area contributed by atoms with Crippen molar-refractivity contribution < 1.29 is 0 Å². The van der Waals surface area contributed by atoms with E-state index in [-0.39, 0.29) is 0 Å². The van der Waals surface area contributed by atoms with E-state index in [1.807, 2.05) is 0 Å². The van der Waals surface area contributed by atoms with E-state index in [0.29, 0.717) is 0 Å². The Balaban J connectivity index is 1.59. The molecule has 0 aromatic rings. The molecular formula is C11H22N2. The van der Waals surface area contributed by atoms with Crippen LogP contribution in [0.4, 0.5) is 0 Å². The fourth-order valence-electron chi connectivity index (χ4n) is 2.10. The Morgan fingerprint density at radius 1 is 1.00 bits per heavy atom. The molecule has 2 rings (SSSR count). The van der Waals surface area contributed by atoms with Crippen molar-refractivity contribution in [2.45, 2.75) is 26.2 Å². The number of likely N-dealkylation sites (N-methyl/N-ethyl adjacent to an activating group) is 1. The summed E-state index contributed by atoms with van der Waals surface area (Å²) in [6.45, 7) is 10.1. The van der Waals surface area contributed by atoms with Crippen molar-refractivity contribution >= 4 is 0 Å². The summed E-state index contributed by atoms with van der Waals surface area (Å²) in [5, 5.41) is 0. The molecule has 2 heteroatoms. The Morgan fingerprint density at radius 2 is 1.62 bits per heavy atom. The average molecular weight is 182 g/mol. The van der Waals surface area contributed by atoms with E-state index in [2.05, 4.69) is 16.7 Å². The van der Waals surface area contributed by atoms with Crippen molar-refractivity contribution in [3.8, 4) is 0 Å². The Labute approximate surface area is 81.9 Å². The third kappa shape index (κ3) is 2.96. The zero-order valence-corrected chi connectivity index (χ0v) is 8.84. The predicted molar refractivity (Wildman–Crippen MR) is 55.9 cm³/mol. The molecule has 1 aliphatic heterocycles. The molecule has 76 valence electrons. The summed E-state index contributed by atoms with van der Waals surface area (Å²) in [6, 6.07) is 0. The van der Waals surface area contributed by atoms with E-state index in [1.165, 1.54) is 58.5 Å². The zero-order valence-electron chi connectivity index (χ0n) is 8.84. The molecule has 2 nitrogen and oxygen atoms in total. The standard InChI is InChI=1S/C11H22N2/c1-2-12-7-9-13(10-8-12)6-5-11-3-4-11/h11H,2-10H2,1H3. The van der Waals surface area contributed by atoms with Gasteiger partial charge in [-0.3, -0.25) is 0 Å². The zero-order chi connectivity index (χ0) is 9.10. The first-order chi connectivity index (χ1) is 6.38. The Morgan fingerprint density at radius 3 is 2.15 bits per heavy atom. The lowest BCUT2D eigenvalue weighted by Crippen LogP contribution is -2.46. The van der Waals surface area contributed by atoms with Gasteiger partial charge in [-0.15, -0.1) is 0 Å². The highest BCUT2D eigenvalue weighted by molar-refractivity contribution is 4.77. The van der Waals surface area contributed by atoms with Crippen molar-refractivity contribution in [2.24, 2.45) is 5.92 Å². The van der Waals surface area contributed by atoms with Gasteiger partial charge in [0.2, 0.25) is 0 Å². The van der Waals surface area contributed by atoms with Crippen molar-refractivity contribution in [3.05, 3.63) is 0 Å². The first-order valence-electron chi connectivity index (χ1n) is 5.83. The molecule has 1 saturated heterocycles. The lowest BCUT2D eigenvalue weighted by Gasteiger charge is -2.33. The van der Waals surface area contributed by atoms with E-state index in [4.69, 9.17) is 0 Å². The number of nitrogens with zero attached hydrogens (tertiary/aromatic N) is 2. The Kier molecular flexibility index (Phi) is 3.23. The first-order valence-corrected chi connectivity index (χ1v) is 5.83. The van der Waals surface area contributed by atoms with Crippen LogP contribution in [0.25, 0.3) is 0 Å². The molecular weight excluding hydrogens is 160 g/mol. The third-order valence-electron chi connectivity index (χ3n) is 3.46. The highest BCUT2D eigenvalue weighted by atomic mass is 15.3. The summed E-state index contributed by atoms with van der Waals surface area (Å²) in [7, 11) is 0. The Bertz CT molecular complexity index is 146. The van der Waals surface area contributed by atoms with Crippen LogP contribution in [0.2, 0.25) is 0 Å². The van der Waals surface area contributed by atoms with Crippen LogP contribution in [0.3, 0.4) is 0 Å². The minimum Gasteiger partial charge on any atom is -0.301 e. The van der Waals surface area contributed by atoms with E-state index in [1.54, 1.807) is 0 Å². The van der Waals surface area contributed by atoms with Crippen LogP contribution in [-0.2, 0) is 0 Å². The molecule has 2 fully saturated rings. The maximum Gasteiger partial charge on any atom is 0.0110 e. The van der Waals surface area contributed by atoms with Crippen molar-refractivity contribution in [1.29, 1.82) is 0 Å². The maximum absolute atomic E-state index is 2.64. The van der Waals surface area contributed by atoms with Gasteiger partial charge >= 0.3 is 0 Å². The van der Waals surface area contributed by atoms with Gasteiger partial charge in [0, 0.05) is 26.2 Å². The molecule has 0 aromatic heterocycles. The first kappa shape index (κ1) is 9.47. The molecule has 13 heavy (non-hydrogen) atoms. The van der Waals surface area contributed by atoms with Crippen molar-refractivity contribution in [2.75, 3.05) is 39.3 Å². The summed E-state index contributed by atoms with van der Waals surface area (Å²) in [5.74, 6) is 1.10.